The minimum absolute atomic E-state index is 0.311. The Kier molecular flexibility index (Phi) is 5.42. The maximum Gasteiger partial charge on any atom is 0.404 e. The standard InChI is InChI=1S/C11H19N3O2/c1-2-5-14-6-3-10(9-14)8-13-4-7-16-11(12)15/h3,6,9,13H,2,4-5,7-8H2,1H3,(H2,12,15). The van der Waals surface area contributed by atoms with Crippen molar-refractivity contribution in [2.45, 2.75) is 26.4 Å². The first-order valence-corrected chi connectivity index (χ1v) is 5.50. The van der Waals surface area contributed by atoms with E-state index < -0.39 is 6.09 Å². The van der Waals surface area contributed by atoms with E-state index in [2.05, 4.69) is 40.0 Å². The van der Waals surface area contributed by atoms with Crippen LogP contribution in [0.4, 0.5) is 4.79 Å². The van der Waals surface area contributed by atoms with Crippen LogP contribution in [0.3, 0.4) is 0 Å². The molecule has 5 nitrogen and oxygen atoms in total. The van der Waals surface area contributed by atoms with Crippen LogP contribution in [0.1, 0.15) is 18.9 Å². The monoisotopic (exact) mass is 225 g/mol. The molecule has 0 unspecified atom stereocenters. The number of amides is 1. The number of nitrogens with two attached hydrogens (primary N) is 1. The lowest BCUT2D eigenvalue weighted by Crippen LogP contribution is -2.23. The maximum atomic E-state index is 10.3. The van der Waals surface area contributed by atoms with Gasteiger partial charge in [0, 0.05) is 32.0 Å². The highest BCUT2D eigenvalue weighted by molar-refractivity contribution is 5.64. The van der Waals surface area contributed by atoms with Gasteiger partial charge in [0.1, 0.15) is 6.61 Å². The van der Waals surface area contributed by atoms with Crippen LogP contribution in [0, 0.1) is 0 Å². The Bertz CT molecular complexity index is 323. The predicted octanol–water partition coefficient (Wildman–Crippen LogP) is 1.08. The van der Waals surface area contributed by atoms with Crippen molar-refractivity contribution >= 4 is 6.09 Å². The first-order valence-electron chi connectivity index (χ1n) is 5.50. The molecule has 0 radical (unpaired) electrons. The summed E-state index contributed by atoms with van der Waals surface area (Å²) in [4.78, 5) is 10.3. The van der Waals surface area contributed by atoms with Crippen molar-refractivity contribution in [3.8, 4) is 0 Å². The summed E-state index contributed by atoms with van der Waals surface area (Å²) in [6.07, 6.45) is 4.59. The Morgan fingerprint density at radius 3 is 3.12 bits per heavy atom. The van der Waals surface area contributed by atoms with E-state index in [1.54, 1.807) is 0 Å². The molecule has 0 aliphatic heterocycles. The molecule has 90 valence electrons. The molecule has 16 heavy (non-hydrogen) atoms. The van der Waals surface area contributed by atoms with E-state index in [0.717, 1.165) is 19.5 Å². The van der Waals surface area contributed by atoms with Gasteiger partial charge in [0.15, 0.2) is 0 Å². The van der Waals surface area contributed by atoms with Crippen LogP contribution < -0.4 is 11.1 Å². The quantitative estimate of drug-likeness (QED) is 0.682. The topological polar surface area (TPSA) is 69.3 Å². The van der Waals surface area contributed by atoms with Gasteiger partial charge < -0.3 is 20.4 Å². The molecule has 5 heteroatoms. The van der Waals surface area contributed by atoms with Gasteiger partial charge in [0.25, 0.3) is 0 Å². The number of hydrogen-bond acceptors (Lipinski definition) is 3. The highest BCUT2D eigenvalue weighted by Crippen LogP contribution is 2.01. The van der Waals surface area contributed by atoms with Crippen LogP contribution in [0.25, 0.3) is 0 Å². The number of nitrogens with one attached hydrogen (secondary N) is 1. The van der Waals surface area contributed by atoms with Crippen LogP contribution in [0.15, 0.2) is 18.5 Å². The summed E-state index contributed by atoms with van der Waals surface area (Å²) in [6, 6.07) is 2.08. The SMILES string of the molecule is CCCn1ccc(CNCCOC(N)=O)c1. The minimum atomic E-state index is -0.726. The minimum Gasteiger partial charge on any atom is -0.448 e. The highest BCUT2D eigenvalue weighted by atomic mass is 16.5. The van der Waals surface area contributed by atoms with E-state index in [4.69, 9.17) is 5.73 Å². The normalized spacial score (nSPS) is 10.3. The van der Waals surface area contributed by atoms with Crippen LogP contribution in [-0.4, -0.2) is 23.8 Å². The number of hydrogen-bond donors (Lipinski definition) is 2. The lowest BCUT2D eigenvalue weighted by molar-refractivity contribution is 0.157. The van der Waals surface area contributed by atoms with E-state index in [9.17, 15) is 4.79 Å². The summed E-state index contributed by atoms with van der Waals surface area (Å²) in [5, 5.41) is 3.17. The Morgan fingerprint density at radius 2 is 2.44 bits per heavy atom. The van der Waals surface area contributed by atoms with Gasteiger partial charge in [0.2, 0.25) is 0 Å². The maximum absolute atomic E-state index is 10.3. The molecule has 0 aliphatic rings. The molecule has 1 aromatic heterocycles. The third kappa shape index (κ3) is 4.84. The smallest absolute Gasteiger partial charge is 0.404 e. The van der Waals surface area contributed by atoms with Gasteiger partial charge in [-0.25, -0.2) is 4.79 Å². The van der Waals surface area contributed by atoms with E-state index in [1.807, 2.05) is 0 Å². The van der Waals surface area contributed by atoms with Crippen LogP contribution in [-0.2, 0) is 17.8 Å². The number of ether oxygens (including phenoxy) is 1. The summed E-state index contributed by atoms with van der Waals surface area (Å²) in [6.45, 7) is 4.90. The third-order valence-electron chi connectivity index (χ3n) is 2.15. The summed E-state index contributed by atoms with van der Waals surface area (Å²) < 4.78 is 6.76. The van der Waals surface area contributed by atoms with Crippen molar-refractivity contribution in [3.63, 3.8) is 0 Å². The van der Waals surface area contributed by atoms with Crippen LogP contribution in [0.2, 0.25) is 0 Å². The molecular formula is C11H19N3O2. The van der Waals surface area contributed by atoms with Crippen LogP contribution in [0.5, 0.6) is 0 Å². The molecule has 1 rings (SSSR count). The first kappa shape index (κ1) is 12.6. The Morgan fingerprint density at radius 1 is 1.62 bits per heavy atom. The van der Waals surface area contributed by atoms with Crippen molar-refractivity contribution in [2.75, 3.05) is 13.2 Å². The van der Waals surface area contributed by atoms with Gasteiger partial charge in [0.05, 0.1) is 0 Å². The average Bonchev–Trinajstić information content (AvgIpc) is 2.65. The fraction of sp³-hybridized carbons (Fsp3) is 0.545. The molecule has 0 saturated carbocycles. The van der Waals surface area contributed by atoms with E-state index in [0.29, 0.717) is 13.2 Å². The van der Waals surface area contributed by atoms with Gasteiger partial charge in [-0.15, -0.1) is 0 Å². The van der Waals surface area contributed by atoms with Crippen molar-refractivity contribution in [1.29, 1.82) is 0 Å². The number of carbonyl (C=O) groups excluding carboxylic acids is 1. The lowest BCUT2D eigenvalue weighted by Gasteiger charge is -2.03. The van der Waals surface area contributed by atoms with Crippen molar-refractivity contribution in [2.24, 2.45) is 5.73 Å². The van der Waals surface area contributed by atoms with Crippen molar-refractivity contribution in [1.82, 2.24) is 9.88 Å². The third-order valence-corrected chi connectivity index (χ3v) is 2.15. The molecule has 3 N–H and O–H groups in total. The number of carbonyl (C=O) groups is 1. The second-order valence-corrected chi connectivity index (χ2v) is 3.60. The molecule has 0 saturated heterocycles. The fourth-order valence-corrected chi connectivity index (χ4v) is 1.45. The van der Waals surface area contributed by atoms with Gasteiger partial charge >= 0.3 is 6.09 Å². The van der Waals surface area contributed by atoms with Crippen molar-refractivity contribution in [3.05, 3.63) is 24.0 Å². The summed E-state index contributed by atoms with van der Waals surface area (Å²) in [5.41, 5.74) is 6.06. The molecule has 0 aromatic carbocycles. The second kappa shape index (κ2) is 6.90. The highest BCUT2D eigenvalue weighted by Gasteiger charge is 1.97. The zero-order valence-corrected chi connectivity index (χ0v) is 9.61. The molecule has 1 aromatic rings. The van der Waals surface area contributed by atoms with Gasteiger partial charge in [-0.05, 0) is 18.1 Å². The van der Waals surface area contributed by atoms with E-state index >= 15 is 0 Å². The summed E-state index contributed by atoms with van der Waals surface area (Å²) >= 11 is 0. The number of rotatable bonds is 7. The Labute approximate surface area is 95.6 Å². The second-order valence-electron chi connectivity index (χ2n) is 3.60. The molecule has 1 heterocycles. The largest absolute Gasteiger partial charge is 0.448 e. The fourth-order valence-electron chi connectivity index (χ4n) is 1.45. The number of nitrogens with zero attached hydrogens (tertiary/aromatic N) is 1. The number of aromatic nitrogens is 1. The molecule has 0 bridgehead atoms. The summed E-state index contributed by atoms with van der Waals surface area (Å²) in [5.74, 6) is 0. The molecule has 0 aliphatic carbocycles. The zero-order chi connectivity index (χ0) is 11.8. The van der Waals surface area contributed by atoms with E-state index in [1.165, 1.54) is 5.56 Å². The molecule has 1 amide bonds. The first-order chi connectivity index (χ1) is 7.72. The Hall–Kier alpha value is -1.49. The van der Waals surface area contributed by atoms with Gasteiger partial charge in [-0.2, -0.15) is 0 Å². The van der Waals surface area contributed by atoms with Gasteiger partial charge in [-0.3, -0.25) is 0 Å². The predicted molar refractivity (Wildman–Crippen MR) is 62.0 cm³/mol. The van der Waals surface area contributed by atoms with Gasteiger partial charge in [-0.1, -0.05) is 6.92 Å². The number of primary amides is 1. The summed E-state index contributed by atoms with van der Waals surface area (Å²) in [7, 11) is 0. The zero-order valence-electron chi connectivity index (χ0n) is 9.61. The lowest BCUT2D eigenvalue weighted by atomic mass is 10.3. The van der Waals surface area contributed by atoms with Crippen LogP contribution >= 0.6 is 0 Å². The average molecular weight is 225 g/mol. The van der Waals surface area contributed by atoms with Crippen molar-refractivity contribution < 1.29 is 9.53 Å². The molecule has 0 spiro atoms. The molecular weight excluding hydrogens is 206 g/mol. The molecule has 0 fully saturated rings. The number of aryl methyl sites for hydroxylation is 1. The van der Waals surface area contributed by atoms with E-state index in [-0.39, 0.29) is 0 Å². The molecule has 0 atom stereocenters. The Balaban J connectivity index is 2.14.